The molecule has 0 saturated carbocycles. The zero-order valence-electron chi connectivity index (χ0n) is 6.98. The molecule has 1 amide bonds. The van der Waals surface area contributed by atoms with Gasteiger partial charge in [0, 0.05) is 5.56 Å². The zero-order valence-corrected chi connectivity index (χ0v) is 6.98. The van der Waals surface area contributed by atoms with E-state index in [9.17, 15) is 9.59 Å². The Hall–Kier alpha value is -1.78. The fourth-order valence-corrected chi connectivity index (χ4v) is 0.964. The van der Waals surface area contributed by atoms with Gasteiger partial charge in [-0.3, -0.25) is 14.9 Å². The lowest BCUT2D eigenvalue weighted by atomic mass is 10.0. The Morgan fingerprint density at radius 3 is 3.00 bits per heavy atom. The Morgan fingerprint density at radius 1 is 1.77 bits per heavy atom. The summed E-state index contributed by atoms with van der Waals surface area (Å²) in [4.78, 5) is 20.7. The molecule has 5 nitrogen and oxygen atoms in total. The molecule has 0 aliphatic rings. The van der Waals surface area contributed by atoms with Gasteiger partial charge in [0.25, 0.3) is 0 Å². The minimum absolute atomic E-state index is 0.185. The third-order valence-electron chi connectivity index (χ3n) is 1.72. The van der Waals surface area contributed by atoms with E-state index < -0.39 is 11.9 Å². The molecule has 1 aromatic rings. The minimum Gasteiger partial charge on any atom is -0.481 e. The third kappa shape index (κ3) is 1.87. The summed E-state index contributed by atoms with van der Waals surface area (Å²) in [5.74, 6) is -1.47. The van der Waals surface area contributed by atoms with E-state index in [1.165, 1.54) is 19.3 Å². The van der Waals surface area contributed by atoms with Crippen LogP contribution in [0.1, 0.15) is 18.4 Å². The second kappa shape index (κ2) is 3.75. The standard InChI is InChI=1S/C8H9NO4/c1-5(8(11)12)6-2-3-13-7(6)9-4-10/h2-5H,1H3,(H,9,10)(H,11,12). The van der Waals surface area contributed by atoms with Crippen molar-refractivity contribution in [2.24, 2.45) is 0 Å². The molecule has 70 valence electrons. The van der Waals surface area contributed by atoms with Crippen molar-refractivity contribution in [1.29, 1.82) is 0 Å². The van der Waals surface area contributed by atoms with Crippen molar-refractivity contribution >= 4 is 18.3 Å². The molecule has 2 N–H and O–H groups in total. The van der Waals surface area contributed by atoms with Gasteiger partial charge in [0.15, 0.2) is 0 Å². The second-order valence-electron chi connectivity index (χ2n) is 2.53. The molecule has 1 heterocycles. The predicted molar refractivity (Wildman–Crippen MR) is 44.4 cm³/mol. The number of furan rings is 1. The molecule has 1 aromatic heterocycles. The highest BCUT2D eigenvalue weighted by molar-refractivity contribution is 5.79. The SMILES string of the molecule is CC(C(=O)O)c1ccoc1NC=O. The summed E-state index contributed by atoms with van der Waals surface area (Å²) in [5, 5.41) is 11.0. The van der Waals surface area contributed by atoms with Gasteiger partial charge in [0.1, 0.15) is 0 Å². The Balaban J connectivity index is 2.92. The number of anilines is 1. The van der Waals surface area contributed by atoms with Crippen LogP contribution in [-0.4, -0.2) is 17.5 Å². The van der Waals surface area contributed by atoms with Crippen LogP contribution < -0.4 is 5.32 Å². The van der Waals surface area contributed by atoms with Gasteiger partial charge in [-0.2, -0.15) is 0 Å². The number of nitrogens with one attached hydrogen (secondary N) is 1. The molecule has 0 spiro atoms. The molecular weight excluding hydrogens is 174 g/mol. The van der Waals surface area contributed by atoms with E-state index in [1.807, 2.05) is 0 Å². The summed E-state index contributed by atoms with van der Waals surface area (Å²) in [6.45, 7) is 1.52. The van der Waals surface area contributed by atoms with Gasteiger partial charge in [-0.1, -0.05) is 0 Å². The van der Waals surface area contributed by atoms with Crippen LogP contribution in [-0.2, 0) is 9.59 Å². The number of carboxylic acid groups (broad SMARTS) is 1. The molecule has 0 aliphatic carbocycles. The molecule has 0 aromatic carbocycles. The predicted octanol–water partition coefficient (Wildman–Crippen LogP) is 1.04. The van der Waals surface area contributed by atoms with Crippen molar-refractivity contribution in [3.05, 3.63) is 17.9 Å². The molecule has 0 aliphatic heterocycles. The summed E-state index contributed by atoms with van der Waals surface area (Å²) in [7, 11) is 0. The highest BCUT2D eigenvalue weighted by Gasteiger charge is 2.19. The van der Waals surface area contributed by atoms with Crippen LogP contribution in [0.5, 0.6) is 0 Å². The molecule has 0 saturated heterocycles. The van der Waals surface area contributed by atoms with Crippen molar-refractivity contribution in [2.75, 3.05) is 5.32 Å². The highest BCUT2D eigenvalue weighted by atomic mass is 16.4. The van der Waals surface area contributed by atoms with Crippen molar-refractivity contribution in [3.8, 4) is 0 Å². The van der Waals surface area contributed by atoms with Gasteiger partial charge in [0.05, 0.1) is 12.2 Å². The number of hydrogen-bond acceptors (Lipinski definition) is 3. The van der Waals surface area contributed by atoms with Crippen molar-refractivity contribution in [3.63, 3.8) is 0 Å². The number of aliphatic carboxylic acids is 1. The molecule has 0 radical (unpaired) electrons. The molecule has 1 unspecified atom stereocenters. The maximum atomic E-state index is 10.6. The molecule has 0 fully saturated rings. The van der Waals surface area contributed by atoms with Crippen LogP contribution in [0.2, 0.25) is 0 Å². The Morgan fingerprint density at radius 2 is 2.46 bits per heavy atom. The van der Waals surface area contributed by atoms with Gasteiger partial charge in [-0.25, -0.2) is 0 Å². The number of amides is 1. The Labute approximate surface area is 74.4 Å². The van der Waals surface area contributed by atoms with Crippen LogP contribution in [0, 0.1) is 0 Å². The molecular formula is C8H9NO4. The van der Waals surface area contributed by atoms with Crippen LogP contribution >= 0.6 is 0 Å². The van der Waals surface area contributed by atoms with Crippen LogP contribution in [0.15, 0.2) is 16.7 Å². The van der Waals surface area contributed by atoms with Gasteiger partial charge in [-0.05, 0) is 13.0 Å². The van der Waals surface area contributed by atoms with Gasteiger partial charge < -0.3 is 9.52 Å². The first kappa shape index (κ1) is 9.31. The lowest BCUT2D eigenvalue weighted by Gasteiger charge is -2.04. The summed E-state index contributed by atoms with van der Waals surface area (Å²) < 4.78 is 4.87. The molecule has 5 heteroatoms. The van der Waals surface area contributed by atoms with Crippen LogP contribution in [0.4, 0.5) is 5.88 Å². The van der Waals surface area contributed by atoms with E-state index in [2.05, 4.69) is 5.32 Å². The maximum Gasteiger partial charge on any atom is 0.310 e. The first-order valence-electron chi connectivity index (χ1n) is 3.67. The molecule has 1 rings (SSSR count). The molecule has 0 bridgehead atoms. The fourth-order valence-electron chi connectivity index (χ4n) is 0.964. The maximum absolute atomic E-state index is 10.6. The smallest absolute Gasteiger partial charge is 0.310 e. The van der Waals surface area contributed by atoms with Gasteiger partial charge in [-0.15, -0.1) is 0 Å². The highest BCUT2D eigenvalue weighted by Crippen LogP contribution is 2.25. The van der Waals surface area contributed by atoms with Crippen LogP contribution in [0.25, 0.3) is 0 Å². The summed E-state index contributed by atoms with van der Waals surface area (Å²) in [6, 6.07) is 1.52. The summed E-state index contributed by atoms with van der Waals surface area (Å²) >= 11 is 0. The zero-order chi connectivity index (χ0) is 9.84. The average molecular weight is 183 g/mol. The lowest BCUT2D eigenvalue weighted by Crippen LogP contribution is -2.08. The second-order valence-corrected chi connectivity index (χ2v) is 2.53. The van der Waals surface area contributed by atoms with Gasteiger partial charge in [0.2, 0.25) is 12.3 Å². The molecule has 13 heavy (non-hydrogen) atoms. The largest absolute Gasteiger partial charge is 0.481 e. The number of carbonyl (C=O) groups excluding carboxylic acids is 1. The van der Waals surface area contributed by atoms with E-state index in [0.29, 0.717) is 12.0 Å². The number of carbonyl (C=O) groups is 2. The van der Waals surface area contributed by atoms with Crippen molar-refractivity contribution in [1.82, 2.24) is 0 Å². The Bertz CT molecular complexity index is 318. The van der Waals surface area contributed by atoms with Crippen LogP contribution in [0.3, 0.4) is 0 Å². The molecule has 1 atom stereocenters. The lowest BCUT2D eigenvalue weighted by molar-refractivity contribution is -0.138. The quantitative estimate of drug-likeness (QED) is 0.683. The number of hydrogen-bond donors (Lipinski definition) is 2. The fraction of sp³-hybridized carbons (Fsp3) is 0.250. The first-order chi connectivity index (χ1) is 6.16. The monoisotopic (exact) mass is 183 g/mol. The van der Waals surface area contributed by atoms with E-state index in [-0.39, 0.29) is 5.88 Å². The minimum atomic E-state index is -0.963. The van der Waals surface area contributed by atoms with Gasteiger partial charge >= 0.3 is 5.97 Å². The normalized spacial score (nSPS) is 12.1. The number of rotatable bonds is 4. The Kier molecular flexibility index (Phi) is 2.69. The summed E-state index contributed by atoms with van der Waals surface area (Å²) in [6.07, 6.45) is 1.78. The first-order valence-corrected chi connectivity index (χ1v) is 3.67. The van der Waals surface area contributed by atoms with Crippen molar-refractivity contribution in [2.45, 2.75) is 12.8 Å². The van der Waals surface area contributed by atoms with E-state index in [0.717, 1.165) is 0 Å². The van der Waals surface area contributed by atoms with E-state index >= 15 is 0 Å². The number of carboxylic acids is 1. The van der Waals surface area contributed by atoms with E-state index in [4.69, 9.17) is 9.52 Å². The van der Waals surface area contributed by atoms with E-state index in [1.54, 1.807) is 0 Å². The third-order valence-corrected chi connectivity index (χ3v) is 1.72. The average Bonchev–Trinajstić information content (AvgIpc) is 2.52. The summed E-state index contributed by atoms with van der Waals surface area (Å²) in [5.41, 5.74) is 0.458. The topological polar surface area (TPSA) is 79.5 Å². The van der Waals surface area contributed by atoms with Crippen molar-refractivity contribution < 1.29 is 19.1 Å².